The standard InChI is InChI=1S/C12H12FNOS/c1-8-12(9(2)15-14-8)7-16-11-5-3-4-10(13)6-11/h3-6H,7H2,1-2H3. The number of benzene rings is 1. The lowest BCUT2D eigenvalue weighted by molar-refractivity contribution is 0.392. The molecule has 0 atom stereocenters. The van der Waals surface area contributed by atoms with E-state index in [-0.39, 0.29) is 5.82 Å². The highest BCUT2D eigenvalue weighted by Gasteiger charge is 2.09. The first-order valence-corrected chi connectivity index (χ1v) is 5.95. The van der Waals surface area contributed by atoms with Gasteiger partial charge in [-0.25, -0.2) is 4.39 Å². The summed E-state index contributed by atoms with van der Waals surface area (Å²) in [5.74, 6) is 1.38. The fourth-order valence-electron chi connectivity index (χ4n) is 1.42. The van der Waals surface area contributed by atoms with Crippen LogP contribution in [0.3, 0.4) is 0 Å². The van der Waals surface area contributed by atoms with Gasteiger partial charge >= 0.3 is 0 Å². The maximum atomic E-state index is 12.9. The van der Waals surface area contributed by atoms with E-state index in [2.05, 4.69) is 5.16 Å². The van der Waals surface area contributed by atoms with Gasteiger partial charge in [-0.15, -0.1) is 11.8 Å². The van der Waals surface area contributed by atoms with Crippen molar-refractivity contribution in [2.75, 3.05) is 0 Å². The van der Waals surface area contributed by atoms with Crippen molar-refractivity contribution in [3.8, 4) is 0 Å². The van der Waals surface area contributed by atoms with Crippen molar-refractivity contribution < 1.29 is 8.91 Å². The van der Waals surface area contributed by atoms with Crippen LogP contribution >= 0.6 is 11.8 Å². The average Bonchev–Trinajstić information content (AvgIpc) is 2.56. The zero-order chi connectivity index (χ0) is 11.5. The Morgan fingerprint density at radius 3 is 2.81 bits per heavy atom. The van der Waals surface area contributed by atoms with Gasteiger partial charge in [-0.3, -0.25) is 0 Å². The summed E-state index contributed by atoms with van der Waals surface area (Å²) in [7, 11) is 0. The van der Waals surface area contributed by atoms with Gasteiger partial charge in [0.05, 0.1) is 5.69 Å². The fraction of sp³-hybridized carbons (Fsp3) is 0.250. The zero-order valence-corrected chi connectivity index (χ0v) is 9.97. The Kier molecular flexibility index (Phi) is 3.29. The highest BCUT2D eigenvalue weighted by molar-refractivity contribution is 7.98. The summed E-state index contributed by atoms with van der Waals surface area (Å²) in [6, 6.07) is 6.58. The molecule has 4 heteroatoms. The first kappa shape index (κ1) is 11.2. The Bertz CT molecular complexity index is 476. The van der Waals surface area contributed by atoms with Gasteiger partial charge in [0.25, 0.3) is 0 Å². The third kappa shape index (κ3) is 2.44. The smallest absolute Gasteiger partial charge is 0.137 e. The minimum Gasteiger partial charge on any atom is -0.361 e. The van der Waals surface area contributed by atoms with E-state index in [1.807, 2.05) is 19.9 Å². The lowest BCUT2D eigenvalue weighted by Gasteiger charge is -2.01. The monoisotopic (exact) mass is 237 g/mol. The Hall–Kier alpha value is -1.29. The Morgan fingerprint density at radius 1 is 1.38 bits per heavy atom. The number of aryl methyl sites for hydroxylation is 2. The van der Waals surface area contributed by atoms with E-state index in [4.69, 9.17) is 4.52 Å². The molecule has 1 aromatic carbocycles. The molecular formula is C12H12FNOS. The van der Waals surface area contributed by atoms with Gasteiger partial charge in [-0.05, 0) is 32.0 Å². The summed E-state index contributed by atoms with van der Waals surface area (Å²) >= 11 is 1.58. The van der Waals surface area contributed by atoms with Crippen molar-refractivity contribution in [3.63, 3.8) is 0 Å². The lowest BCUT2D eigenvalue weighted by Crippen LogP contribution is -1.85. The number of rotatable bonds is 3. The summed E-state index contributed by atoms with van der Waals surface area (Å²) in [6.45, 7) is 3.80. The molecule has 0 amide bonds. The van der Waals surface area contributed by atoms with Crippen LogP contribution in [0.25, 0.3) is 0 Å². The summed E-state index contributed by atoms with van der Waals surface area (Å²) in [5, 5.41) is 3.88. The minimum absolute atomic E-state index is 0.205. The van der Waals surface area contributed by atoms with Crippen molar-refractivity contribution in [3.05, 3.63) is 47.1 Å². The molecule has 0 saturated heterocycles. The van der Waals surface area contributed by atoms with E-state index in [0.717, 1.165) is 27.7 Å². The number of aromatic nitrogens is 1. The minimum atomic E-state index is -0.205. The van der Waals surface area contributed by atoms with Crippen molar-refractivity contribution in [2.24, 2.45) is 0 Å². The SMILES string of the molecule is Cc1noc(C)c1CSc1cccc(F)c1. The first-order valence-electron chi connectivity index (χ1n) is 4.97. The topological polar surface area (TPSA) is 26.0 Å². The highest BCUT2D eigenvalue weighted by atomic mass is 32.2. The lowest BCUT2D eigenvalue weighted by atomic mass is 10.2. The molecule has 1 aromatic heterocycles. The largest absolute Gasteiger partial charge is 0.361 e. The van der Waals surface area contributed by atoms with Crippen molar-refractivity contribution in [2.45, 2.75) is 24.5 Å². The van der Waals surface area contributed by atoms with Crippen molar-refractivity contribution in [1.29, 1.82) is 0 Å². The van der Waals surface area contributed by atoms with Crippen LogP contribution in [-0.4, -0.2) is 5.16 Å². The van der Waals surface area contributed by atoms with E-state index < -0.39 is 0 Å². The fourth-order valence-corrected chi connectivity index (χ4v) is 2.51. The van der Waals surface area contributed by atoms with Gasteiger partial charge in [0.1, 0.15) is 11.6 Å². The third-order valence-corrected chi connectivity index (χ3v) is 3.38. The molecule has 84 valence electrons. The van der Waals surface area contributed by atoms with E-state index in [9.17, 15) is 4.39 Å². The predicted octanol–water partition coefficient (Wildman–Crippen LogP) is 3.72. The van der Waals surface area contributed by atoms with E-state index in [1.165, 1.54) is 12.1 Å². The molecule has 16 heavy (non-hydrogen) atoms. The van der Waals surface area contributed by atoms with Gasteiger partial charge in [0.2, 0.25) is 0 Å². The molecule has 0 bridgehead atoms. The number of nitrogens with zero attached hydrogens (tertiary/aromatic N) is 1. The van der Waals surface area contributed by atoms with Crippen LogP contribution in [-0.2, 0) is 5.75 Å². The summed E-state index contributed by atoms with van der Waals surface area (Å²) in [4.78, 5) is 0.917. The van der Waals surface area contributed by atoms with Crippen molar-refractivity contribution in [1.82, 2.24) is 5.16 Å². The highest BCUT2D eigenvalue weighted by Crippen LogP contribution is 2.26. The first-order chi connectivity index (χ1) is 7.66. The van der Waals surface area contributed by atoms with Crippen LogP contribution in [0.5, 0.6) is 0 Å². The third-order valence-electron chi connectivity index (χ3n) is 2.36. The molecule has 1 heterocycles. The van der Waals surface area contributed by atoms with Gasteiger partial charge < -0.3 is 4.52 Å². The zero-order valence-electron chi connectivity index (χ0n) is 9.16. The van der Waals surface area contributed by atoms with Crippen LogP contribution in [0.2, 0.25) is 0 Å². The normalized spacial score (nSPS) is 10.7. The maximum Gasteiger partial charge on any atom is 0.137 e. The van der Waals surface area contributed by atoms with E-state index >= 15 is 0 Å². The number of thioether (sulfide) groups is 1. The number of hydrogen-bond donors (Lipinski definition) is 0. The Balaban J connectivity index is 2.08. The van der Waals surface area contributed by atoms with Crippen LogP contribution < -0.4 is 0 Å². The summed E-state index contributed by atoms with van der Waals surface area (Å²) in [6.07, 6.45) is 0. The van der Waals surface area contributed by atoms with Crippen LogP contribution in [0, 0.1) is 19.7 Å². The molecule has 0 aliphatic carbocycles. The molecule has 0 unspecified atom stereocenters. The van der Waals surface area contributed by atoms with Crippen LogP contribution in [0.1, 0.15) is 17.0 Å². The number of halogens is 1. The Morgan fingerprint density at radius 2 is 2.19 bits per heavy atom. The van der Waals surface area contributed by atoms with Gasteiger partial charge in [0.15, 0.2) is 0 Å². The molecule has 0 aliphatic rings. The van der Waals surface area contributed by atoms with Crippen LogP contribution in [0.15, 0.2) is 33.7 Å². The maximum absolute atomic E-state index is 12.9. The predicted molar refractivity (Wildman–Crippen MR) is 61.9 cm³/mol. The molecule has 0 spiro atoms. The number of hydrogen-bond acceptors (Lipinski definition) is 3. The molecule has 2 nitrogen and oxygen atoms in total. The summed E-state index contributed by atoms with van der Waals surface area (Å²) in [5.41, 5.74) is 2.00. The van der Waals surface area contributed by atoms with Gasteiger partial charge in [0, 0.05) is 16.2 Å². The molecule has 2 aromatic rings. The second-order valence-corrected chi connectivity index (χ2v) is 4.60. The average molecular weight is 237 g/mol. The second kappa shape index (κ2) is 4.70. The molecule has 0 saturated carbocycles. The van der Waals surface area contributed by atoms with Crippen LogP contribution in [0.4, 0.5) is 4.39 Å². The summed E-state index contributed by atoms with van der Waals surface area (Å²) < 4.78 is 18.0. The van der Waals surface area contributed by atoms with Gasteiger partial charge in [-0.2, -0.15) is 0 Å². The molecule has 0 radical (unpaired) electrons. The Labute approximate surface area is 97.8 Å². The van der Waals surface area contributed by atoms with Gasteiger partial charge in [-0.1, -0.05) is 11.2 Å². The molecule has 0 fully saturated rings. The molecule has 0 N–H and O–H groups in total. The molecular weight excluding hydrogens is 225 g/mol. The quantitative estimate of drug-likeness (QED) is 0.761. The molecule has 0 aliphatic heterocycles. The second-order valence-electron chi connectivity index (χ2n) is 3.55. The van der Waals surface area contributed by atoms with E-state index in [0.29, 0.717) is 0 Å². The van der Waals surface area contributed by atoms with E-state index in [1.54, 1.807) is 17.8 Å². The molecule has 2 rings (SSSR count). The van der Waals surface area contributed by atoms with Crippen molar-refractivity contribution >= 4 is 11.8 Å².